The Morgan fingerprint density at radius 3 is 2.50 bits per heavy atom. The third-order valence-electron chi connectivity index (χ3n) is 5.93. The van der Waals surface area contributed by atoms with E-state index in [0.717, 1.165) is 11.8 Å². The second-order valence-electron chi connectivity index (χ2n) is 8.45. The van der Waals surface area contributed by atoms with Gasteiger partial charge in [0, 0.05) is 38.4 Å². The summed E-state index contributed by atoms with van der Waals surface area (Å²) in [7, 11) is -0.350. The Morgan fingerprint density at radius 1 is 0.972 bits per heavy atom. The number of rotatable bonds is 8. The van der Waals surface area contributed by atoms with Crippen LogP contribution >= 0.6 is 0 Å². The van der Waals surface area contributed by atoms with Gasteiger partial charge in [-0.25, -0.2) is 8.42 Å². The first-order valence-electron chi connectivity index (χ1n) is 11.4. The number of nitrogens with one attached hydrogen (secondary N) is 3. The lowest BCUT2D eigenvalue weighted by atomic mass is 10.0. The van der Waals surface area contributed by atoms with Crippen molar-refractivity contribution in [3.8, 4) is 11.1 Å². The molecular weight excluding hydrogens is 480 g/mol. The van der Waals surface area contributed by atoms with Crippen molar-refractivity contribution in [1.82, 2.24) is 5.32 Å². The molecule has 0 aromatic heterocycles. The number of methoxy groups -OCH3 is 1. The first-order chi connectivity index (χ1) is 17.2. The number of benzene rings is 3. The number of amides is 2. The van der Waals surface area contributed by atoms with Crippen LogP contribution in [-0.2, 0) is 14.8 Å². The van der Waals surface area contributed by atoms with Crippen molar-refractivity contribution in [2.45, 2.75) is 6.42 Å². The van der Waals surface area contributed by atoms with Crippen molar-refractivity contribution >= 4 is 44.6 Å². The fraction of sp³-hybridized carbons (Fsp3) is 0.231. The number of ether oxygens (including phenoxy) is 1. The quantitative estimate of drug-likeness (QED) is 0.398. The summed E-state index contributed by atoms with van der Waals surface area (Å²) in [6.45, 7) is 1.04. The van der Waals surface area contributed by atoms with Crippen LogP contribution in [0.25, 0.3) is 11.1 Å². The Hall–Kier alpha value is -3.89. The van der Waals surface area contributed by atoms with Crippen LogP contribution in [0.1, 0.15) is 27.1 Å². The molecule has 0 unspecified atom stereocenters. The SMILES string of the molecule is COCCCNC(=O)c1ccc2c(c1)NC(=O)c1ccc(-c3ccccc3N(C)S(C)(=O)=O)cc1N2. The van der Waals surface area contributed by atoms with Gasteiger partial charge in [0.2, 0.25) is 10.0 Å². The van der Waals surface area contributed by atoms with Gasteiger partial charge in [-0.05, 0) is 48.4 Å². The van der Waals surface area contributed by atoms with Gasteiger partial charge in [0.1, 0.15) is 0 Å². The molecule has 0 fully saturated rings. The van der Waals surface area contributed by atoms with E-state index in [1.165, 1.54) is 11.4 Å². The Kier molecular flexibility index (Phi) is 7.27. The molecule has 0 atom stereocenters. The summed E-state index contributed by atoms with van der Waals surface area (Å²) < 4.78 is 30.5. The van der Waals surface area contributed by atoms with Crippen LogP contribution in [0.4, 0.5) is 22.7 Å². The summed E-state index contributed by atoms with van der Waals surface area (Å²) in [6, 6.07) is 17.5. The molecule has 0 aliphatic carbocycles. The molecule has 0 spiro atoms. The van der Waals surface area contributed by atoms with Crippen LogP contribution in [-0.4, -0.2) is 53.8 Å². The number of carbonyl (C=O) groups is 2. The van der Waals surface area contributed by atoms with Crippen LogP contribution in [0.2, 0.25) is 0 Å². The van der Waals surface area contributed by atoms with Crippen molar-refractivity contribution < 1.29 is 22.7 Å². The monoisotopic (exact) mass is 508 g/mol. The lowest BCUT2D eigenvalue weighted by Gasteiger charge is -2.21. The van der Waals surface area contributed by atoms with Crippen molar-refractivity contribution in [3.63, 3.8) is 0 Å². The van der Waals surface area contributed by atoms with Crippen molar-refractivity contribution in [2.24, 2.45) is 0 Å². The molecule has 3 aromatic rings. The Bertz CT molecular complexity index is 1420. The highest BCUT2D eigenvalue weighted by molar-refractivity contribution is 7.92. The lowest BCUT2D eigenvalue weighted by molar-refractivity contribution is 0.0947. The van der Waals surface area contributed by atoms with E-state index in [4.69, 9.17) is 4.74 Å². The predicted molar refractivity (Wildman–Crippen MR) is 142 cm³/mol. The van der Waals surface area contributed by atoms with Crippen LogP contribution in [0, 0.1) is 0 Å². The summed E-state index contributed by atoms with van der Waals surface area (Å²) in [6.07, 6.45) is 1.85. The number of para-hydroxylation sites is 1. The Morgan fingerprint density at radius 2 is 1.75 bits per heavy atom. The van der Waals surface area contributed by atoms with Crippen molar-refractivity contribution in [3.05, 3.63) is 71.8 Å². The van der Waals surface area contributed by atoms with Crippen LogP contribution < -0.4 is 20.3 Å². The smallest absolute Gasteiger partial charge is 0.257 e. The zero-order valence-electron chi connectivity index (χ0n) is 20.3. The number of hydrogen-bond acceptors (Lipinski definition) is 6. The second-order valence-corrected chi connectivity index (χ2v) is 10.5. The normalized spacial score (nSPS) is 12.5. The maximum atomic E-state index is 13.0. The van der Waals surface area contributed by atoms with Crippen LogP contribution in [0.15, 0.2) is 60.7 Å². The lowest BCUT2D eigenvalue weighted by Crippen LogP contribution is -2.25. The topological polar surface area (TPSA) is 117 Å². The standard InChI is InChI=1S/C26H28N4O5S/c1-30(36(3,33)34)24-8-5-4-7-19(24)17-9-11-20-22(15-17)28-21-12-10-18(16-23(21)29-26(20)32)25(31)27-13-6-14-35-2/h4-5,7-12,15-16,28H,6,13-14H2,1-3H3,(H,27,31)(H,29,32). The van der Waals surface area contributed by atoms with Crippen LogP contribution in [0.5, 0.6) is 0 Å². The number of hydrogen-bond donors (Lipinski definition) is 3. The summed E-state index contributed by atoms with van der Waals surface area (Å²) in [5.74, 6) is -0.555. The van der Waals surface area contributed by atoms with E-state index in [1.54, 1.807) is 49.6 Å². The fourth-order valence-electron chi connectivity index (χ4n) is 3.94. The molecule has 1 heterocycles. The second kappa shape index (κ2) is 10.4. The summed E-state index contributed by atoms with van der Waals surface area (Å²) >= 11 is 0. The molecule has 0 saturated heterocycles. The predicted octanol–water partition coefficient (Wildman–Crippen LogP) is 3.83. The van der Waals surface area contributed by atoms with Crippen molar-refractivity contribution in [2.75, 3.05) is 48.5 Å². The number of anilines is 4. The average Bonchev–Trinajstić information content (AvgIpc) is 3.00. The van der Waals surface area contributed by atoms with E-state index in [9.17, 15) is 18.0 Å². The zero-order chi connectivity index (χ0) is 25.9. The molecule has 188 valence electrons. The average molecular weight is 509 g/mol. The van der Waals surface area contributed by atoms with Gasteiger partial charge < -0.3 is 20.7 Å². The third kappa shape index (κ3) is 5.34. The van der Waals surface area contributed by atoms with Gasteiger partial charge in [0.15, 0.2) is 0 Å². The summed E-state index contributed by atoms with van der Waals surface area (Å²) in [4.78, 5) is 25.5. The molecule has 3 N–H and O–H groups in total. The molecule has 1 aliphatic rings. The highest BCUT2D eigenvalue weighted by Crippen LogP contribution is 2.37. The molecular formula is C26H28N4O5S. The minimum atomic E-state index is -3.46. The van der Waals surface area contributed by atoms with Gasteiger partial charge in [-0.3, -0.25) is 13.9 Å². The summed E-state index contributed by atoms with van der Waals surface area (Å²) in [5.41, 5.74) is 4.52. The molecule has 4 rings (SSSR count). The van der Waals surface area contributed by atoms with Gasteiger partial charge in [0.05, 0.1) is 34.6 Å². The molecule has 9 nitrogen and oxygen atoms in total. The van der Waals surface area contributed by atoms with Gasteiger partial charge in [-0.15, -0.1) is 0 Å². The molecule has 0 bridgehead atoms. The molecule has 2 amide bonds. The highest BCUT2D eigenvalue weighted by Gasteiger charge is 2.22. The van der Waals surface area contributed by atoms with E-state index >= 15 is 0 Å². The number of fused-ring (bicyclic) bond motifs is 2. The minimum absolute atomic E-state index is 0.237. The largest absolute Gasteiger partial charge is 0.385 e. The minimum Gasteiger partial charge on any atom is -0.385 e. The number of sulfonamides is 1. The molecule has 1 aliphatic heterocycles. The fourth-order valence-corrected chi connectivity index (χ4v) is 4.45. The van der Waals surface area contributed by atoms with E-state index in [1.807, 2.05) is 18.2 Å². The Balaban J connectivity index is 1.65. The molecule has 0 saturated carbocycles. The maximum Gasteiger partial charge on any atom is 0.257 e. The molecule has 0 radical (unpaired) electrons. The maximum absolute atomic E-state index is 13.0. The number of carbonyl (C=O) groups excluding carboxylic acids is 2. The van der Waals surface area contributed by atoms with E-state index < -0.39 is 10.0 Å². The summed E-state index contributed by atoms with van der Waals surface area (Å²) in [5, 5.41) is 8.99. The third-order valence-corrected chi connectivity index (χ3v) is 7.12. The first-order valence-corrected chi connectivity index (χ1v) is 13.2. The van der Waals surface area contributed by atoms with E-state index in [2.05, 4.69) is 16.0 Å². The molecule has 36 heavy (non-hydrogen) atoms. The first kappa shape index (κ1) is 25.2. The van der Waals surface area contributed by atoms with Crippen LogP contribution in [0.3, 0.4) is 0 Å². The Labute approximate surface area is 210 Å². The number of nitrogens with zero attached hydrogens (tertiary/aromatic N) is 1. The van der Waals surface area contributed by atoms with Gasteiger partial charge in [-0.2, -0.15) is 0 Å². The zero-order valence-corrected chi connectivity index (χ0v) is 21.1. The van der Waals surface area contributed by atoms with Gasteiger partial charge in [-0.1, -0.05) is 24.3 Å². The van der Waals surface area contributed by atoms with Gasteiger partial charge >= 0.3 is 0 Å². The van der Waals surface area contributed by atoms with E-state index in [-0.39, 0.29) is 11.8 Å². The molecule has 10 heteroatoms. The van der Waals surface area contributed by atoms with Crippen molar-refractivity contribution in [1.29, 1.82) is 0 Å². The molecule has 3 aromatic carbocycles. The van der Waals surface area contributed by atoms with E-state index in [0.29, 0.717) is 59.0 Å². The van der Waals surface area contributed by atoms with Gasteiger partial charge in [0.25, 0.3) is 11.8 Å². The highest BCUT2D eigenvalue weighted by atomic mass is 32.2.